The molecule has 1 fully saturated rings. The second-order valence-corrected chi connectivity index (χ2v) is 6.58. The van der Waals surface area contributed by atoms with Crippen molar-refractivity contribution in [1.82, 2.24) is 9.88 Å². The molecule has 4 nitrogen and oxygen atoms in total. The fourth-order valence-electron chi connectivity index (χ4n) is 3.40. The molecule has 3 N–H and O–H groups in total. The lowest BCUT2D eigenvalue weighted by Gasteiger charge is -2.16. The number of thiocarbonyl (C=S) groups is 1. The lowest BCUT2D eigenvalue weighted by Crippen LogP contribution is -2.24. The summed E-state index contributed by atoms with van der Waals surface area (Å²) in [6.07, 6.45) is 4.63. The van der Waals surface area contributed by atoms with Gasteiger partial charge in [0.05, 0.1) is 5.56 Å². The van der Waals surface area contributed by atoms with Gasteiger partial charge in [0.15, 0.2) is 0 Å². The second-order valence-electron chi connectivity index (χ2n) is 6.14. The maximum atomic E-state index is 5.88. The number of fused-ring (bicyclic) bond motifs is 1. The van der Waals surface area contributed by atoms with Crippen LogP contribution in [0, 0.1) is 5.92 Å². The van der Waals surface area contributed by atoms with Crippen molar-refractivity contribution < 1.29 is 0 Å². The van der Waals surface area contributed by atoms with E-state index in [1.165, 1.54) is 37.2 Å². The Hall–Kier alpha value is -1.20. The van der Waals surface area contributed by atoms with Gasteiger partial charge in [-0.3, -0.25) is 0 Å². The summed E-state index contributed by atoms with van der Waals surface area (Å²) in [5, 5.41) is 3.51. The molecule has 1 atom stereocenters. The van der Waals surface area contributed by atoms with Gasteiger partial charge in [0, 0.05) is 18.8 Å². The fraction of sp³-hybridized carbons (Fsp3) is 0.625. The molecule has 2 heterocycles. The van der Waals surface area contributed by atoms with Crippen LogP contribution in [0.15, 0.2) is 6.07 Å². The third-order valence-electron chi connectivity index (χ3n) is 4.69. The van der Waals surface area contributed by atoms with Crippen molar-refractivity contribution in [2.24, 2.45) is 11.7 Å². The average molecular weight is 304 g/mol. The minimum Gasteiger partial charge on any atom is -0.389 e. The molecule has 114 valence electrons. The number of rotatable bonds is 5. The van der Waals surface area contributed by atoms with Crippen LogP contribution >= 0.6 is 12.2 Å². The minimum atomic E-state index is 0.446. The molecule has 1 saturated heterocycles. The Morgan fingerprint density at radius 2 is 2.38 bits per heavy atom. The molecular formula is C16H24N4S. The van der Waals surface area contributed by atoms with Gasteiger partial charge in [0.2, 0.25) is 0 Å². The normalized spacial score (nSPS) is 21.5. The van der Waals surface area contributed by atoms with Crippen LogP contribution in [0.5, 0.6) is 0 Å². The first-order valence-corrected chi connectivity index (χ1v) is 8.37. The van der Waals surface area contributed by atoms with Gasteiger partial charge in [0.1, 0.15) is 10.8 Å². The van der Waals surface area contributed by atoms with Crippen molar-refractivity contribution in [3.63, 3.8) is 0 Å². The molecule has 1 aliphatic carbocycles. The van der Waals surface area contributed by atoms with Gasteiger partial charge < -0.3 is 16.0 Å². The maximum absolute atomic E-state index is 5.88. The van der Waals surface area contributed by atoms with Gasteiger partial charge in [-0.05, 0) is 56.3 Å². The first-order valence-electron chi connectivity index (χ1n) is 7.96. The summed E-state index contributed by atoms with van der Waals surface area (Å²) in [5.74, 6) is 1.58. The summed E-state index contributed by atoms with van der Waals surface area (Å²) >= 11 is 5.20. The summed E-state index contributed by atoms with van der Waals surface area (Å²) in [5.41, 5.74) is 9.33. The average Bonchev–Trinajstić information content (AvgIpc) is 3.12. The van der Waals surface area contributed by atoms with E-state index >= 15 is 0 Å². The number of aromatic nitrogens is 1. The number of hydrogen-bond donors (Lipinski definition) is 2. The van der Waals surface area contributed by atoms with E-state index in [2.05, 4.69) is 23.2 Å². The summed E-state index contributed by atoms with van der Waals surface area (Å²) in [6, 6.07) is 2.15. The maximum Gasteiger partial charge on any atom is 0.136 e. The number of hydrogen-bond acceptors (Lipinski definition) is 4. The van der Waals surface area contributed by atoms with Gasteiger partial charge in [-0.25, -0.2) is 4.98 Å². The molecule has 3 rings (SSSR count). The number of aryl methyl sites for hydroxylation is 2. The standard InChI is InChI=1S/C16H24N4S/c1-2-20-7-6-11(10-20)9-18-16-13(15(17)21)8-12-4-3-5-14(12)19-16/h8,11H,2-7,9-10H2,1H3,(H2,17,21)(H,18,19). The first-order chi connectivity index (χ1) is 10.2. The lowest BCUT2D eigenvalue weighted by molar-refractivity contribution is 0.345. The molecule has 0 bridgehead atoms. The SMILES string of the molecule is CCN1CCC(CNc2nc3c(cc2C(N)=S)CCC3)C1. The molecule has 1 aromatic heterocycles. The zero-order valence-corrected chi connectivity index (χ0v) is 13.5. The number of nitrogens with one attached hydrogen (secondary N) is 1. The highest BCUT2D eigenvalue weighted by Gasteiger charge is 2.22. The molecule has 0 amide bonds. The number of nitrogens with two attached hydrogens (primary N) is 1. The summed E-state index contributed by atoms with van der Waals surface area (Å²) < 4.78 is 0. The molecule has 1 unspecified atom stereocenters. The van der Waals surface area contributed by atoms with Crippen LogP contribution in [0.3, 0.4) is 0 Å². The van der Waals surface area contributed by atoms with Crippen LogP contribution in [0.25, 0.3) is 0 Å². The predicted octanol–water partition coefficient (Wildman–Crippen LogP) is 1.96. The molecule has 1 aromatic rings. The molecule has 0 saturated carbocycles. The van der Waals surface area contributed by atoms with Crippen molar-refractivity contribution in [2.75, 3.05) is 31.5 Å². The van der Waals surface area contributed by atoms with E-state index in [-0.39, 0.29) is 0 Å². The Bertz CT molecular complexity index is 543. The summed E-state index contributed by atoms with van der Waals surface area (Å²) in [7, 11) is 0. The van der Waals surface area contributed by atoms with Crippen LogP contribution in [0.2, 0.25) is 0 Å². The fourth-order valence-corrected chi connectivity index (χ4v) is 3.56. The molecule has 0 radical (unpaired) electrons. The molecule has 2 aliphatic rings. The van der Waals surface area contributed by atoms with E-state index in [4.69, 9.17) is 22.9 Å². The quantitative estimate of drug-likeness (QED) is 0.815. The zero-order valence-electron chi connectivity index (χ0n) is 12.7. The predicted molar refractivity (Wildman–Crippen MR) is 90.9 cm³/mol. The van der Waals surface area contributed by atoms with Gasteiger partial charge in [0.25, 0.3) is 0 Å². The molecule has 0 spiro atoms. The van der Waals surface area contributed by atoms with Crippen LogP contribution in [-0.4, -0.2) is 41.1 Å². The van der Waals surface area contributed by atoms with E-state index in [9.17, 15) is 0 Å². The van der Waals surface area contributed by atoms with Crippen LogP contribution in [-0.2, 0) is 12.8 Å². The van der Waals surface area contributed by atoms with Gasteiger partial charge >= 0.3 is 0 Å². The number of pyridine rings is 1. The summed E-state index contributed by atoms with van der Waals surface area (Å²) in [4.78, 5) is 7.73. The highest BCUT2D eigenvalue weighted by molar-refractivity contribution is 7.80. The number of nitrogens with zero attached hydrogens (tertiary/aromatic N) is 2. The molecule has 1 aliphatic heterocycles. The summed E-state index contributed by atoms with van der Waals surface area (Å²) in [6.45, 7) is 6.71. The third kappa shape index (κ3) is 3.19. The highest BCUT2D eigenvalue weighted by Crippen LogP contribution is 2.26. The van der Waals surface area contributed by atoms with Gasteiger partial charge in [-0.15, -0.1) is 0 Å². The Kier molecular flexibility index (Phi) is 4.40. The number of anilines is 1. The second kappa shape index (κ2) is 6.28. The van der Waals surface area contributed by atoms with E-state index < -0.39 is 0 Å². The molecule has 21 heavy (non-hydrogen) atoms. The highest BCUT2D eigenvalue weighted by atomic mass is 32.1. The smallest absolute Gasteiger partial charge is 0.136 e. The van der Waals surface area contributed by atoms with Crippen molar-refractivity contribution in [1.29, 1.82) is 0 Å². The van der Waals surface area contributed by atoms with E-state index in [0.29, 0.717) is 10.9 Å². The van der Waals surface area contributed by atoms with Crippen molar-refractivity contribution in [2.45, 2.75) is 32.6 Å². The minimum absolute atomic E-state index is 0.446. The van der Waals surface area contributed by atoms with Crippen LogP contribution < -0.4 is 11.1 Å². The molecule has 0 aromatic carbocycles. The third-order valence-corrected chi connectivity index (χ3v) is 4.91. The Morgan fingerprint density at radius 3 is 3.10 bits per heavy atom. The topological polar surface area (TPSA) is 54.2 Å². The van der Waals surface area contributed by atoms with Crippen molar-refractivity contribution in [3.8, 4) is 0 Å². The van der Waals surface area contributed by atoms with Gasteiger partial charge in [-0.1, -0.05) is 19.1 Å². The first kappa shape index (κ1) is 14.7. The Morgan fingerprint density at radius 1 is 1.52 bits per heavy atom. The van der Waals surface area contributed by atoms with Gasteiger partial charge in [-0.2, -0.15) is 0 Å². The van der Waals surface area contributed by atoms with E-state index in [0.717, 1.165) is 37.3 Å². The Balaban J connectivity index is 1.71. The molecule has 5 heteroatoms. The van der Waals surface area contributed by atoms with Crippen molar-refractivity contribution in [3.05, 3.63) is 22.9 Å². The van der Waals surface area contributed by atoms with Crippen molar-refractivity contribution >= 4 is 23.0 Å². The van der Waals surface area contributed by atoms with Crippen LogP contribution in [0.1, 0.15) is 36.6 Å². The lowest BCUT2D eigenvalue weighted by atomic mass is 10.1. The monoisotopic (exact) mass is 304 g/mol. The molecular weight excluding hydrogens is 280 g/mol. The Labute approximate surface area is 132 Å². The van der Waals surface area contributed by atoms with E-state index in [1.54, 1.807) is 0 Å². The number of likely N-dealkylation sites (tertiary alicyclic amines) is 1. The zero-order chi connectivity index (χ0) is 14.8. The van der Waals surface area contributed by atoms with Crippen LogP contribution in [0.4, 0.5) is 5.82 Å². The van der Waals surface area contributed by atoms with E-state index in [1.807, 2.05) is 0 Å². The largest absolute Gasteiger partial charge is 0.389 e.